The molecule has 0 saturated heterocycles. The first-order valence-electron chi connectivity index (χ1n) is 14.7. The van der Waals surface area contributed by atoms with Gasteiger partial charge in [-0.2, -0.15) is 88.0 Å². The van der Waals surface area contributed by atoms with Gasteiger partial charge in [-0.3, -0.25) is 10.1 Å². The number of aromatic nitrogens is 8. The summed E-state index contributed by atoms with van der Waals surface area (Å²) in [6, 6.07) is 17.1. The Balaban J connectivity index is 0.000000209. The van der Waals surface area contributed by atoms with Crippen LogP contribution in [0.25, 0.3) is 22.9 Å². The van der Waals surface area contributed by atoms with Crippen molar-refractivity contribution in [2.24, 2.45) is 14.1 Å². The van der Waals surface area contributed by atoms with Gasteiger partial charge in [-0.1, -0.05) is 28.6 Å². The van der Waals surface area contributed by atoms with Gasteiger partial charge >= 0.3 is 18.5 Å². The van der Waals surface area contributed by atoms with E-state index in [-0.39, 0.29) is 31.6 Å². The van der Waals surface area contributed by atoms with E-state index >= 15 is 0 Å². The third-order valence-corrected chi connectivity index (χ3v) is 7.53. The summed E-state index contributed by atoms with van der Waals surface area (Å²) >= 11 is 0. The van der Waals surface area contributed by atoms with Crippen molar-refractivity contribution in [3.05, 3.63) is 125 Å². The zero-order valence-electron chi connectivity index (χ0n) is 28.1. The zero-order chi connectivity index (χ0) is 37.9. The van der Waals surface area contributed by atoms with Gasteiger partial charge in [0, 0.05) is 49.1 Å². The van der Waals surface area contributed by atoms with Crippen molar-refractivity contribution in [2.45, 2.75) is 46.2 Å². The maximum Gasteiger partial charge on any atom is 0.429 e. The van der Waals surface area contributed by atoms with Crippen LogP contribution in [0.5, 0.6) is 0 Å². The van der Waals surface area contributed by atoms with Crippen molar-refractivity contribution in [1.29, 1.82) is 0 Å². The van der Waals surface area contributed by atoms with Gasteiger partial charge in [0.2, 0.25) is 12.7 Å². The van der Waals surface area contributed by atoms with Crippen molar-refractivity contribution < 1.29 is 68.8 Å². The van der Waals surface area contributed by atoms with Gasteiger partial charge in [0.15, 0.2) is 0 Å². The Morgan fingerprint density at radius 2 is 1.13 bits per heavy atom. The molecule has 2 aromatic carbocycles. The first-order chi connectivity index (χ1) is 23.7. The Morgan fingerprint density at radius 1 is 0.673 bits per heavy atom. The molecule has 0 spiro atoms. The summed E-state index contributed by atoms with van der Waals surface area (Å²) in [4.78, 5) is 7.05. The molecule has 0 bridgehead atoms. The maximum absolute atomic E-state index is 12.6. The number of halogens is 9. The fourth-order valence-electron chi connectivity index (χ4n) is 4.36. The first-order valence-corrected chi connectivity index (χ1v) is 14.7. The molecule has 18 heteroatoms. The average molecular weight is 912 g/mol. The number of benzene rings is 2. The topological polar surface area (TPSA) is 70.4 Å². The quantitative estimate of drug-likeness (QED) is 0.114. The molecule has 0 atom stereocenters. The molecule has 0 saturated carbocycles. The van der Waals surface area contributed by atoms with Crippen LogP contribution in [0, 0.1) is 52.5 Å². The third-order valence-electron chi connectivity index (χ3n) is 7.53. The summed E-state index contributed by atoms with van der Waals surface area (Å²) in [5, 5.41) is 6.25. The summed E-state index contributed by atoms with van der Waals surface area (Å²) in [6.07, 6.45) is -5.93. The molecule has 4 heterocycles. The van der Waals surface area contributed by atoms with Gasteiger partial charge in [-0.15, -0.1) is 0 Å². The zero-order valence-corrected chi connectivity index (χ0v) is 30.5. The summed E-state index contributed by atoms with van der Waals surface area (Å²) in [5.74, 6) is -1.37. The molecule has 0 fully saturated rings. The number of alkyl halides is 9. The van der Waals surface area contributed by atoms with Gasteiger partial charge in [-0.25, -0.2) is 0 Å². The molecule has 0 amide bonds. The molecule has 1 radical (unpaired) electrons. The Bertz CT molecular complexity index is 1990. The number of imidazole rings is 2. The normalized spacial score (nSPS) is 11.6. The monoisotopic (exact) mass is 912 g/mol. The molecule has 0 unspecified atom stereocenters. The van der Waals surface area contributed by atoms with Crippen LogP contribution in [0.1, 0.15) is 39.7 Å². The Hall–Kier alpha value is -4.83. The number of nitrogens with zero attached hydrogens (tertiary/aromatic N) is 8. The van der Waals surface area contributed by atoms with Gasteiger partial charge in [0.1, 0.15) is 5.82 Å². The SMILES string of the molecule is Cc1c(C)[n+](C)[c-]n1-c1[c-]ccc(C(F)(F)F)c1.Cc1c(C)[n+](C)[c-]n1-c1[c-]ccc(C(F)(F)F)c1.FC(F)(F)c1n[n-]c(-c2ccccn2)n1.[Ir]. The van der Waals surface area contributed by atoms with Crippen LogP contribution < -0.4 is 14.2 Å². The molecule has 4 aromatic heterocycles. The van der Waals surface area contributed by atoms with Crippen LogP contribution in [0.3, 0.4) is 0 Å². The molecular weight excluding hydrogens is 884 g/mol. The maximum atomic E-state index is 12.6. The van der Waals surface area contributed by atoms with E-state index < -0.39 is 35.5 Å². The largest absolute Gasteiger partial charge is 0.429 e. The third kappa shape index (κ3) is 9.94. The first kappa shape index (κ1) is 41.6. The van der Waals surface area contributed by atoms with E-state index in [4.69, 9.17) is 0 Å². The number of rotatable bonds is 3. The van der Waals surface area contributed by atoms with Gasteiger partial charge in [0.25, 0.3) is 0 Å². The second-order valence-electron chi connectivity index (χ2n) is 10.9. The average Bonchev–Trinajstić information content (AvgIpc) is 3.76. The molecule has 0 N–H and O–H groups in total. The van der Waals surface area contributed by atoms with Crippen LogP contribution in [0.4, 0.5) is 39.5 Å². The van der Waals surface area contributed by atoms with Crippen molar-refractivity contribution in [3.8, 4) is 22.9 Å². The van der Waals surface area contributed by atoms with Gasteiger partial charge in [-0.05, 0) is 45.7 Å². The van der Waals surface area contributed by atoms with E-state index in [0.29, 0.717) is 11.4 Å². The van der Waals surface area contributed by atoms with E-state index in [9.17, 15) is 39.5 Å². The van der Waals surface area contributed by atoms with Crippen molar-refractivity contribution in [1.82, 2.24) is 29.3 Å². The molecular formula is C34H28F9IrN8-3. The van der Waals surface area contributed by atoms with Crippen LogP contribution >= 0.6 is 0 Å². The second-order valence-corrected chi connectivity index (χ2v) is 10.9. The predicted octanol–water partition coefficient (Wildman–Crippen LogP) is 6.59. The number of pyridine rings is 1. The number of hydrogen-bond acceptors (Lipinski definition) is 3. The number of hydrogen-bond donors (Lipinski definition) is 0. The Morgan fingerprint density at radius 3 is 1.46 bits per heavy atom. The Labute approximate surface area is 306 Å². The van der Waals surface area contributed by atoms with Crippen molar-refractivity contribution in [2.75, 3.05) is 0 Å². The van der Waals surface area contributed by atoms with E-state index in [0.717, 1.165) is 47.0 Å². The van der Waals surface area contributed by atoms with Crippen molar-refractivity contribution in [3.63, 3.8) is 0 Å². The summed E-state index contributed by atoms with van der Waals surface area (Å²) in [6.45, 7) is 7.44. The summed E-state index contributed by atoms with van der Waals surface area (Å²) in [5.41, 5.74) is 3.15. The van der Waals surface area contributed by atoms with E-state index in [2.05, 4.69) is 45.0 Å². The van der Waals surface area contributed by atoms with E-state index in [1.165, 1.54) is 24.4 Å². The van der Waals surface area contributed by atoms with E-state index in [1.807, 2.05) is 27.7 Å². The fourth-order valence-corrected chi connectivity index (χ4v) is 4.36. The molecule has 0 aliphatic heterocycles. The fraction of sp³-hybridized carbons (Fsp3) is 0.265. The molecule has 8 nitrogen and oxygen atoms in total. The predicted molar refractivity (Wildman–Crippen MR) is 162 cm³/mol. The second kappa shape index (κ2) is 16.2. The van der Waals surface area contributed by atoms with Crippen LogP contribution in [0.15, 0.2) is 60.8 Å². The van der Waals surface area contributed by atoms with Gasteiger partial charge < -0.3 is 28.4 Å². The summed E-state index contributed by atoms with van der Waals surface area (Å²) < 4.78 is 119. The minimum atomic E-state index is -4.57. The smallest absolute Gasteiger partial charge is 0.413 e. The van der Waals surface area contributed by atoms with Crippen molar-refractivity contribution >= 4 is 0 Å². The molecule has 0 aliphatic carbocycles. The molecule has 52 heavy (non-hydrogen) atoms. The minimum absolute atomic E-state index is 0. The number of aryl methyl sites for hydroxylation is 2. The molecule has 279 valence electrons. The van der Waals surface area contributed by atoms with Crippen LogP contribution in [-0.4, -0.2) is 24.2 Å². The summed E-state index contributed by atoms with van der Waals surface area (Å²) in [7, 11) is 3.60. The van der Waals surface area contributed by atoms with Crippen LogP contribution in [-0.2, 0) is 52.7 Å². The van der Waals surface area contributed by atoms with Crippen LogP contribution in [0.2, 0.25) is 0 Å². The van der Waals surface area contributed by atoms with E-state index in [1.54, 1.807) is 44.5 Å². The standard InChI is InChI=1S/2C13H12F3N2.C8H4F3N4.Ir/c2*1-9-10(2)18(8-17(9)3)12-6-4-5-11(7-12)13(14,15)16;9-8(10,11)7-13-6(14-15-7)5-3-1-2-4-12-5;/h2*4-5,7H,1-3H3;1-4H;/q3*-1;. The molecule has 6 rings (SSSR count). The minimum Gasteiger partial charge on any atom is -0.413 e. The molecule has 6 aromatic rings. The van der Waals surface area contributed by atoms with Gasteiger partial charge in [0.05, 0.1) is 19.8 Å². The molecule has 0 aliphatic rings. The Kier molecular flexibility index (Phi) is 13.0.